The van der Waals surface area contributed by atoms with Gasteiger partial charge in [0.2, 0.25) is 0 Å². The lowest BCUT2D eigenvalue weighted by Crippen LogP contribution is -2.43. The molecule has 0 saturated carbocycles. The fourth-order valence-electron chi connectivity index (χ4n) is 5.89. The zero-order valence-corrected chi connectivity index (χ0v) is 24.7. The predicted octanol–water partition coefficient (Wildman–Crippen LogP) is 5.58. The summed E-state index contributed by atoms with van der Waals surface area (Å²) in [7, 11) is 1.98. The first kappa shape index (κ1) is 29.9. The van der Waals surface area contributed by atoms with Crippen molar-refractivity contribution in [2.45, 2.75) is 50.6 Å². The summed E-state index contributed by atoms with van der Waals surface area (Å²) in [4.78, 5) is 29.3. The molecule has 1 saturated heterocycles. The van der Waals surface area contributed by atoms with Crippen molar-refractivity contribution in [3.63, 3.8) is 0 Å². The predicted molar refractivity (Wildman–Crippen MR) is 166 cm³/mol. The second-order valence-electron chi connectivity index (χ2n) is 11.5. The minimum absolute atomic E-state index is 0.0357. The van der Waals surface area contributed by atoms with Crippen LogP contribution in [0.3, 0.4) is 0 Å². The molecule has 2 amide bonds. The number of hydrogen-bond donors (Lipinski definition) is 2. The van der Waals surface area contributed by atoms with E-state index in [1.807, 2.05) is 80.7 Å². The zero-order valence-electron chi connectivity index (χ0n) is 24.7. The first-order valence-electron chi connectivity index (χ1n) is 14.9. The second-order valence-corrected chi connectivity index (χ2v) is 11.5. The van der Waals surface area contributed by atoms with E-state index in [9.17, 15) is 19.8 Å². The minimum atomic E-state index is -0.699. The van der Waals surface area contributed by atoms with Crippen LogP contribution in [-0.2, 0) is 16.1 Å². The number of carbonyl (C=O) groups is 2. The number of rotatable bonds is 9. The first-order valence-corrected chi connectivity index (χ1v) is 14.9. The van der Waals surface area contributed by atoms with E-state index in [1.165, 1.54) is 4.90 Å². The normalized spacial score (nSPS) is 21.4. The van der Waals surface area contributed by atoms with E-state index in [0.717, 1.165) is 22.3 Å². The van der Waals surface area contributed by atoms with Crippen LogP contribution in [0.15, 0.2) is 103 Å². The van der Waals surface area contributed by atoms with E-state index in [4.69, 9.17) is 9.47 Å². The molecule has 2 aliphatic heterocycles. The van der Waals surface area contributed by atoms with Crippen LogP contribution < -0.4 is 4.90 Å². The van der Waals surface area contributed by atoms with Crippen LogP contribution in [0.4, 0.5) is 5.69 Å². The monoisotopic (exact) mass is 592 g/mol. The number of imide groups is 1. The van der Waals surface area contributed by atoms with Crippen molar-refractivity contribution in [3.8, 4) is 0 Å². The summed E-state index contributed by atoms with van der Waals surface area (Å²) >= 11 is 0. The van der Waals surface area contributed by atoms with Gasteiger partial charge in [-0.15, -0.1) is 0 Å². The Kier molecular flexibility index (Phi) is 8.70. The maximum absolute atomic E-state index is 13.0. The lowest BCUT2D eigenvalue weighted by Gasteiger charge is -2.39. The van der Waals surface area contributed by atoms with Gasteiger partial charge in [-0.3, -0.25) is 14.5 Å². The molecule has 0 bridgehead atoms. The van der Waals surface area contributed by atoms with E-state index in [1.54, 1.807) is 36.4 Å². The van der Waals surface area contributed by atoms with Gasteiger partial charge in [-0.2, -0.15) is 0 Å². The number of anilines is 1. The summed E-state index contributed by atoms with van der Waals surface area (Å²) < 4.78 is 13.0. The molecule has 0 radical (unpaired) electrons. The number of carbonyl (C=O) groups excluding carboxylic acids is 2. The fraction of sp³-hybridized carbons (Fsp3) is 0.278. The first-order chi connectivity index (χ1) is 21.3. The molecule has 4 aromatic carbocycles. The van der Waals surface area contributed by atoms with Gasteiger partial charge in [0.25, 0.3) is 11.8 Å². The molecule has 0 unspecified atom stereocenters. The molecule has 44 heavy (non-hydrogen) atoms. The average Bonchev–Trinajstić information content (AvgIpc) is 3.33. The molecule has 1 fully saturated rings. The van der Waals surface area contributed by atoms with Crippen molar-refractivity contribution in [3.05, 3.63) is 137 Å². The highest BCUT2D eigenvalue weighted by atomic mass is 16.7. The lowest BCUT2D eigenvalue weighted by atomic mass is 9.98. The summed E-state index contributed by atoms with van der Waals surface area (Å²) in [5.74, 6) is -0.686. The number of aliphatic hydroxyl groups excluding tert-OH is 2. The SMILES string of the molecule is C[C@@H]([C@H](O)c1ccccc1)N(C)C[C@H]1C[C@@H](c2ccc(CO)cc2)O[C@@H](c2ccc(N3C(=O)c4ccccc4C3=O)cc2)O1. The molecule has 2 aliphatic rings. The van der Waals surface area contributed by atoms with Gasteiger partial charge in [-0.25, -0.2) is 4.90 Å². The molecule has 8 heteroatoms. The van der Waals surface area contributed by atoms with Crippen molar-refractivity contribution in [2.75, 3.05) is 18.5 Å². The van der Waals surface area contributed by atoms with E-state index in [0.29, 0.717) is 29.8 Å². The van der Waals surface area contributed by atoms with E-state index in [-0.39, 0.29) is 36.7 Å². The summed E-state index contributed by atoms with van der Waals surface area (Å²) in [6.45, 7) is 2.52. The molecule has 2 N–H and O–H groups in total. The van der Waals surface area contributed by atoms with Crippen LogP contribution in [0.5, 0.6) is 0 Å². The van der Waals surface area contributed by atoms with Gasteiger partial charge in [0, 0.05) is 24.6 Å². The lowest BCUT2D eigenvalue weighted by molar-refractivity contribution is -0.253. The quantitative estimate of drug-likeness (QED) is 0.245. The fourth-order valence-corrected chi connectivity index (χ4v) is 5.89. The third kappa shape index (κ3) is 5.95. The van der Waals surface area contributed by atoms with Crippen molar-refractivity contribution in [2.24, 2.45) is 0 Å². The Balaban J connectivity index is 1.22. The van der Waals surface area contributed by atoms with Gasteiger partial charge in [0.1, 0.15) is 0 Å². The average molecular weight is 593 g/mol. The Morgan fingerprint density at radius 3 is 2.02 bits per heavy atom. The molecule has 0 spiro atoms. The summed E-state index contributed by atoms with van der Waals surface area (Å²) in [5.41, 5.74) is 4.68. The van der Waals surface area contributed by atoms with Gasteiger partial charge >= 0.3 is 0 Å². The maximum Gasteiger partial charge on any atom is 0.266 e. The number of hydrogen-bond acceptors (Lipinski definition) is 7. The maximum atomic E-state index is 13.0. The second kappa shape index (κ2) is 12.8. The van der Waals surface area contributed by atoms with Gasteiger partial charge < -0.3 is 19.7 Å². The molecule has 4 aromatic rings. The number of ether oxygens (including phenoxy) is 2. The highest BCUT2D eigenvalue weighted by Crippen LogP contribution is 2.39. The van der Waals surface area contributed by atoms with Crippen molar-refractivity contribution < 1.29 is 29.3 Å². The van der Waals surface area contributed by atoms with E-state index in [2.05, 4.69) is 4.90 Å². The summed E-state index contributed by atoms with van der Waals surface area (Å²) in [5, 5.41) is 20.5. The number of nitrogens with zero attached hydrogens (tertiary/aromatic N) is 2. The van der Waals surface area contributed by atoms with Crippen LogP contribution in [0.25, 0.3) is 0 Å². The Morgan fingerprint density at radius 2 is 1.41 bits per heavy atom. The molecule has 6 rings (SSSR count). The van der Waals surface area contributed by atoms with Gasteiger partial charge in [-0.1, -0.05) is 78.9 Å². The third-order valence-corrected chi connectivity index (χ3v) is 8.62. The third-order valence-electron chi connectivity index (χ3n) is 8.62. The van der Waals surface area contributed by atoms with Crippen LogP contribution in [0.2, 0.25) is 0 Å². The largest absolute Gasteiger partial charge is 0.392 e. The van der Waals surface area contributed by atoms with Crippen LogP contribution in [0, 0.1) is 0 Å². The molecule has 0 aromatic heterocycles. The van der Waals surface area contributed by atoms with Gasteiger partial charge in [0.05, 0.1) is 41.7 Å². The molecular weight excluding hydrogens is 556 g/mol. The van der Waals surface area contributed by atoms with Crippen LogP contribution in [0.1, 0.15) is 74.8 Å². The number of likely N-dealkylation sites (N-methyl/N-ethyl adjacent to an activating group) is 1. The minimum Gasteiger partial charge on any atom is -0.392 e. The highest BCUT2D eigenvalue weighted by molar-refractivity contribution is 6.34. The zero-order chi connectivity index (χ0) is 30.8. The van der Waals surface area contributed by atoms with E-state index >= 15 is 0 Å². The number of benzene rings is 4. The standard InChI is InChI=1S/C36H36N2O6/c1-23(33(40)26-8-4-3-5-9-26)37(2)21-29-20-32(25-14-12-24(22-39)13-15-25)44-36(43-29)27-16-18-28(19-17-27)38-34(41)30-10-6-7-11-31(30)35(38)42/h3-19,23,29,32-33,36,39-40H,20-22H2,1-2H3/t23-,29+,32-,33-,36-/m0/s1. The molecular formula is C36H36N2O6. The van der Waals surface area contributed by atoms with Crippen LogP contribution in [-0.4, -0.2) is 52.7 Å². The molecule has 5 atom stereocenters. The van der Waals surface area contributed by atoms with Crippen molar-refractivity contribution in [1.29, 1.82) is 0 Å². The Bertz CT molecular complexity index is 1570. The van der Waals surface area contributed by atoms with Crippen molar-refractivity contribution in [1.82, 2.24) is 4.90 Å². The molecule has 2 heterocycles. The van der Waals surface area contributed by atoms with Gasteiger partial charge in [-0.05, 0) is 54.9 Å². The Hall–Kier alpha value is -4.18. The summed E-state index contributed by atoms with van der Waals surface area (Å²) in [6.07, 6.45) is -1.25. The van der Waals surface area contributed by atoms with E-state index < -0.39 is 12.4 Å². The Morgan fingerprint density at radius 1 is 0.818 bits per heavy atom. The van der Waals surface area contributed by atoms with Crippen LogP contribution >= 0.6 is 0 Å². The summed E-state index contributed by atoms with van der Waals surface area (Å²) in [6, 6.07) is 31.1. The Labute approximate surface area is 257 Å². The molecule has 226 valence electrons. The molecule has 8 nitrogen and oxygen atoms in total. The number of aliphatic hydroxyl groups is 2. The topological polar surface area (TPSA) is 99.5 Å². The number of fused-ring (bicyclic) bond motifs is 1. The smallest absolute Gasteiger partial charge is 0.266 e. The molecule has 0 aliphatic carbocycles. The van der Waals surface area contributed by atoms with Crippen molar-refractivity contribution >= 4 is 17.5 Å². The van der Waals surface area contributed by atoms with Gasteiger partial charge in [0.15, 0.2) is 6.29 Å². The number of amides is 2. The highest BCUT2D eigenvalue weighted by Gasteiger charge is 2.37.